The van der Waals surface area contributed by atoms with Crippen LogP contribution in [0, 0.1) is 0 Å². The van der Waals surface area contributed by atoms with Crippen LogP contribution in [0.25, 0.3) is 0 Å². The molecule has 0 rings (SSSR count). The highest BCUT2D eigenvalue weighted by Crippen LogP contribution is 1.93. The molecule has 0 atom stereocenters. The zero-order valence-corrected chi connectivity index (χ0v) is 14.2. The Labute approximate surface area is 123 Å². The topological polar surface area (TPSA) is 43.2 Å². The van der Waals surface area contributed by atoms with Crippen LogP contribution in [-0.2, 0) is 9.68 Å². The van der Waals surface area contributed by atoms with Crippen LogP contribution in [0.4, 0.5) is 0 Å². The number of rotatable bonds is 10. The monoisotopic (exact) mass is 288 g/mol. The molecule has 0 radical (unpaired) electrons. The number of likely N-dealkylation sites (N-methyl/N-ethyl adjacent to an activating group) is 2. The van der Waals surface area contributed by atoms with E-state index in [0.29, 0.717) is 13.2 Å². The van der Waals surface area contributed by atoms with Crippen LogP contribution in [0.3, 0.4) is 0 Å². The van der Waals surface area contributed by atoms with Crippen LogP contribution in [-0.4, -0.2) is 89.5 Å². The Morgan fingerprint density at radius 3 is 1.85 bits per heavy atom. The molecule has 0 spiro atoms. The van der Waals surface area contributed by atoms with Gasteiger partial charge in [0.05, 0.1) is 48.5 Å². The minimum Gasteiger partial charge on any atom is -0.390 e. The van der Waals surface area contributed by atoms with Gasteiger partial charge in [0.15, 0.2) is 13.2 Å². The van der Waals surface area contributed by atoms with E-state index in [4.69, 9.17) is 9.68 Å². The minimum absolute atomic E-state index is 0.597. The molecule has 0 N–H and O–H groups in total. The quantitative estimate of drug-likeness (QED) is 0.262. The predicted molar refractivity (Wildman–Crippen MR) is 83.9 cm³/mol. The second-order valence-corrected chi connectivity index (χ2v) is 6.86. The second kappa shape index (κ2) is 8.92. The van der Waals surface area contributed by atoms with E-state index in [1.807, 2.05) is 6.92 Å². The van der Waals surface area contributed by atoms with Gasteiger partial charge in [-0.3, -0.25) is 0 Å². The summed E-state index contributed by atoms with van der Waals surface area (Å²) in [4.78, 5) is 10.5. The third kappa shape index (κ3) is 13.3. The number of hydrogen-bond acceptors (Lipinski definition) is 4. The molecule has 6 nitrogen and oxygen atoms in total. The zero-order chi connectivity index (χ0) is 15.6. The highest BCUT2D eigenvalue weighted by atomic mass is 16.6. The lowest BCUT2D eigenvalue weighted by molar-refractivity contribution is -0.870. The summed E-state index contributed by atoms with van der Waals surface area (Å²) in [6.07, 6.45) is 2.40. The lowest BCUT2D eigenvalue weighted by Gasteiger charge is -2.22. The first kappa shape index (κ1) is 18.9. The average molecular weight is 288 g/mol. The highest BCUT2D eigenvalue weighted by molar-refractivity contribution is 6.30. The summed E-state index contributed by atoms with van der Waals surface area (Å²) in [6.45, 7) is 5.04. The van der Waals surface area contributed by atoms with E-state index in [9.17, 15) is 0 Å². The third-order valence-corrected chi connectivity index (χ3v) is 2.53. The molecule has 0 aromatic rings. The maximum Gasteiger partial charge on any atom is 0.165 e. The predicted octanol–water partition coefficient (Wildman–Crippen LogP) is 1.18. The van der Waals surface area contributed by atoms with E-state index >= 15 is 0 Å². The first-order chi connectivity index (χ1) is 9.14. The summed E-state index contributed by atoms with van der Waals surface area (Å²) < 4.78 is 1.72. The second-order valence-electron chi connectivity index (χ2n) is 6.86. The van der Waals surface area contributed by atoms with Gasteiger partial charge < -0.3 is 18.6 Å². The third-order valence-electron chi connectivity index (χ3n) is 2.53. The Hall–Kier alpha value is -1.14. The Morgan fingerprint density at radius 1 is 0.900 bits per heavy atom. The molecular weight excluding hydrogens is 256 g/mol. The summed E-state index contributed by atoms with van der Waals surface area (Å²) in [5.74, 6) is 0. The average Bonchev–Trinajstić information content (AvgIpc) is 2.28. The van der Waals surface area contributed by atoms with Gasteiger partial charge in [0.25, 0.3) is 0 Å². The summed E-state index contributed by atoms with van der Waals surface area (Å²) in [7, 11) is 12.7. The molecule has 0 unspecified atom stereocenters. The fourth-order valence-corrected chi connectivity index (χ4v) is 1.09. The number of quaternary nitrogens is 2. The summed E-state index contributed by atoms with van der Waals surface area (Å²) in [6, 6.07) is 0. The molecular formula is C14H32N4O2+2. The van der Waals surface area contributed by atoms with Gasteiger partial charge in [-0.25, -0.2) is 0 Å². The van der Waals surface area contributed by atoms with Gasteiger partial charge in [0, 0.05) is 0 Å². The maximum atomic E-state index is 5.30. The van der Waals surface area contributed by atoms with Gasteiger partial charge in [0.2, 0.25) is 0 Å². The lowest BCUT2D eigenvalue weighted by atomic mass is 10.3. The van der Waals surface area contributed by atoms with E-state index in [1.165, 1.54) is 0 Å². The van der Waals surface area contributed by atoms with Gasteiger partial charge in [-0.1, -0.05) is 17.2 Å². The smallest absolute Gasteiger partial charge is 0.165 e. The molecule has 0 aromatic heterocycles. The summed E-state index contributed by atoms with van der Waals surface area (Å²) in [5, 5.41) is 7.99. The fraction of sp³-hybridized carbons (Fsp3) is 0.857. The number of oxime groups is 2. The zero-order valence-electron chi connectivity index (χ0n) is 14.2. The van der Waals surface area contributed by atoms with E-state index in [0.717, 1.165) is 34.2 Å². The van der Waals surface area contributed by atoms with Gasteiger partial charge in [-0.2, -0.15) is 0 Å². The van der Waals surface area contributed by atoms with E-state index in [2.05, 4.69) is 52.6 Å². The molecule has 0 bridgehead atoms. The SMILES string of the molecule is CCC(/C=N/OCC[N+](C)(C)C)=N/OCC[N+](C)(C)C. The Kier molecular flexibility index (Phi) is 8.41. The molecule has 0 aliphatic rings. The first-order valence-electron chi connectivity index (χ1n) is 7.09. The number of nitrogens with zero attached hydrogens (tertiary/aromatic N) is 4. The van der Waals surface area contributed by atoms with E-state index in [1.54, 1.807) is 6.21 Å². The first-order valence-corrected chi connectivity index (χ1v) is 7.09. The van der Waals surface area contributed by atoms with Crippen molar-refractivity contribution in [1.29, 1.82) is 0 Å². The fourth-order valence-electron chi connectivity index (χ4n) is 1.09. The Balaban J connectivity index is 3.95. The molecule has 20 heavy (non-hydrogen) atoms. The van der Waals surface area contributed by atoms with Crippen LogP contribution in [0.1, 0.15) is 13.3 Å². The van der Waals surface area contributed by atoms with Crippen molar-refractivity contribution in [3.63, 3.8) is 0 Å². The Bertz CT molecular complexity index is 314. The van der Waals surface area contributed by atoms with Gasteiger partial charge >= 0.3 is 0 Å². The van der Waals surface area contributed by atoms with Crippen molar-refractivity contribution in [3.8, 4) is 0 Å². The van der Waals surface area contributed by atoms with Crippen molar-refractivity contribution >= 4 is 11.9 Å². The molecule has 0 aliphatic heterocycles. The maximum absolute atomic E-state index is 5.30. The summed E-state index contributed by atoms with van der Waals surface area (Å²) in [5.41, 5.74) is 0.789. The van der Waals surface area contributed by atoms with Crippen molar-refractivity contribution in [2.45, 2.75) is 13.3 Å². The molecule has 0 aliphatic carbocycles. The molecule has 0 heterocycles. The molecule has 0 saturated heterocycles. The van der Waals surface area contributed by atoms with E-state index in [-0.39, 0.29) is 0 Å². The van der Waals surface area contributed by atoms with E-state index < -0.39 is 0 Å². The largest absolute Gasteiger partial charge is 0.390 e. The van der Waals surface area contributed by atoms with Gasteiger partial charge in [0.1, 0.15) is 18.8 Å². The molecule has 0 amide bonds. The molecule has 0 fully saturated rings. The van der Waals surface area contributed by atoms with Gasteiger partial charge in [-0.15, -0.1) is 0 Å². The van der Waals surface area contributed by atoms with Crippen LogP contribution in [0.2, 0.25) is 0 Å². The van der Waals surface area contributed by atoms with Crippen molar-refractivity contribution < 1.29 is 18.6 Å². The number of hydrogen-bond donors (Lipinski definition) is 0. The molecule has 6 heteroatoms. The molecule has 0 aromatic carbocycles. The van der Waals surface area contributed by atoms with Crippen molar-refractivity contribution in [2.24, 2.45) is 10.3 Å². The molecule has 0 saturated carbocycles. The Morgan fingerprint density at radius 2 is 1.40 bits per heavy atom. The van der Waals surface area contributed by atoms with Crippen LogP contribution in [0.5, 0.6) is 0 Å². The van der Waals surface area contributed by atoms with Crippen molar-refractivity contribution in [3.05, 3.63) is 0 Å². The highest BCUT2D eigenvalue weighted by Gasteiger charge is 2.06. The van der Waals surface area contributed by atoms with Crippen LogP contribution >= 0.6 is 0 Å². The summed E-state index contributed by atoms with van der Waals surface area (Å²) >= 11 is 0. The van der Waals surface area contributed by atoms with Gasteiger partial charge in [-0.05, 0) is 6.42 Å². The van der Waals surface area contributed by atoms with Crippen LogP contribution < -0.4 is 0 Å². The van der Waals surface area contributed by atoms with Crippen LogP contribution in [0.15, 0.2) is 10.3 Å². The van der Waals surface area contributed by atoms with Crippen molar-refractivity contribution in [1.82, 2.24) is 0 Å². The normalized spacial score (nSPS) is 13.8. The van der Waals surface area contributed by atoms with Crippen molar-refractivity contribution in [2.75, 3.05) is 68.6 Å². The molecule has 118 valence electrons. The minimum atomic E-state index is 0.597. The standard InChI is InChI=1S/C14H32N4O2/c1-8-14(16-20-12-10-18(5,6)7)13-15-19-11-9-17(2,3)4/h13H,8-12H2,1-7H3/q+2/b15-13+,16-14-. The lowest BCUT2D eigenvalue weighted by Crippen LogP contribution is -2.37.